The second kappa shape index (κ2) is 5.55. The van der Waals surface area contributed by atoms with Gasteiger partial charge in [-0.3, -0.25) is 4.79 Å². The maximum absolute atomic E-state index is 13.8. The van der Waals surface area contributed by atoms with E-state index in [2.05, 4.69) is 15.9 Å². The summed E-state index contributed by atoms with van der Waals surface area (Å²) in [7, 11) is 0. The lowest BCUT2D eigenvalue weighted by atomic mass is 10.00. The lowest BCUT2D eigenvalue weighted by molar-refractivity contribution is -0.137. The Morgan fingerprint density at radius 3 is 2.29 bits per heavy atom. The first-order valence-corrected chi connectivity index (χ1v) is 6.36. The van der Waals surface area contributed by atoms with Crippen LogP contribution >= 0.6 is 15.9 Å². The molecule has 0 saturated heterocycles. The highest BCUT2D eigenvalue weighted by Crippen LogP contribution is 2.31. The molecule has 2 rings (SSSR count). The van der Waals surface area contributed by atoms with E-state index < -0.39 is 40.3 Å². The number of halogens is 6. The van der Waals surface area contributed by atoms with Gasteiger partial charge < -0.3 is 0 Å². The maximum Gasteiger partial charge on any atom is 0.416 e. The highest BCUT2D eigenvalue weighted by molar-refractivity contribution is 9.10. The van der Waals surface area contributed by atoms with E-state index in [4.69, 9.17) is 0 Å². The van der Waals surface area contributed by atoms with Crippen molar-refractivity contribution in [2.75, 3.05) is 0 Å². The van der Waals surface area contributed by atoms with E-state index in [0.29, 0.717) is 18.2 Å². The third kappa shape index (κ3) is 3.12. The summed E-state index contributed by atoms with van der Waals surface area (Å²) in [6.45, 7) is 0. The average Bonchev–Trinajstić information content (AvgIpc) is 2.40. The molecule has 0 fully saturated rings. The molecule has 2 aromatic carbocycles. The molecule has 0 amide bonds. The third-order valence-electron chi connectivity index (χ3n) is 2.73. The predicted molar refractivity (Wildman–Crippen MR) is 68.9 cm³/mol. The molecule has 110 valence electrons. The van der Waals surface area contributed by atoms with Gasteiger partial charge in [0.25, 0.3) is 0 Å². The van der Waals surface area contributed by atoms with Crippen LogP contribution in [0.25, 0.3) is 0 Å². The third-order valence-corrected chi connectivity index (χ3v) is 3.35. The Kier molecular flexibility index (Phi) is 4.13. The summed E-state index contributed by atoms with van der Waals surface area (Å²) in [5.41, 5.74) is -2.52. The van der Waals surface area contributed by atoms with E-state index in [1.807, 2.05) is 0 Å². The maximum atomic E-state index is 13.8. The van der Waals surface area contributed by atoms with Crippen molar-refractivity contribution in [3.05, 3.63) is 69.2 Å². The number of hydrogen-bond donors (Lipinski definition) is 0. The minimum absolute atomic E-state index is 0.0410. The van der Waals surface area contributed by atoms with E-state index in [0.717, 1.165) is 6.07 Å². The van der Waals surface area contributed by atoms with Crippen LogP contribution in [0, 0.1) is 11.6 Å². The summed E-state index contributed by atoms with van der Waals surface area (Å²) in [6.07, 6.45) is -4.72. The summed E-state index contributed by atoms with van der Waals surface area (Å²) in [4.78, 5) is 12.1. The fourth-order valence-electron chi connectivity index (χ4n) is 1.70. The van der Waals surface area contributed by atoms with Crippen molar-refractivity contribution in [2.24, 2.45) is 0 Å². The molecule has 7 heteroatoms. The van der Waals surface area contributed by atoms with Gasteiger partial charge in [0.05, 0.1) is 21.2 Å². The zero-order chi connectivity index (χ0) is 15.8. The Balaban J connectivity index is 2.56. The van der Waals surface area contributed by atoms with Crippen LogP contribution < -0.4 is 0 Å². The molecule has 0 atom stereocenters. The zero-order valence-corrected chi connectivity index (χ0v) is 11.7. The number of hydrogen-bond acceptors (Lipinski definition) is 1. The fraction of sp³-hybridized carbons (Fsp3) is 0.0714. The minimum Gasteiger partial charge on any atom is -0.288 e. The first kappa shape index (κ1) is 15.6. The Bertz CT molecular complexity index is 709. The molecule has 0 aliphatic heterocycles. The molecule has 1 nitrogen and oxygen atoms in total. The highest BCUT2D eigenvalue weighted by atomic mass is 79.9. The molecule has 0 aromatic heterocycles. The van der Waals surface area contributed by atoms with E-state index in [1.165, 1.54) is 12.1 Å². The SMILES string of the molecule is O=C(c1cc(C(F)(F)F)ccc1F)c1cccc(Br)c1F. The molecule has 0 aliphatic rings. The minimum atomic E-state index is -4.72. The van der Waals surface area contributed by atoms with Gasteiger partial charge in [-0.2, -0.15) is 13.2 Å². The van der Waals surface area contributed by atoms with Crippen LogP contribution in [0.5, 0.6) is 0 Å². The first-order valence-electron chi connectivity index (χ1n) is 5.57. The Hall–Kier alpha value is -1.76. The molecule has 21 heavy (non-hydrogen) atoms. The summed E-state index contributed by atoms with van der Waals surface area (Å²) in [5.74, 6) is -3.26. The number of benzene rings is 2. The van der Waals surface area contributed by atoms with Gasteiger partial charge in [0.15, 0.2) is 5.78 Å². The van der Waals surface area contributed by atoms with Gasteiger partial charge >= 0.3 is 6.18 Å². The normalized spacial score (nSPS) is 11.5. The van der Waals surface area contributed by atoms with Gasteiger partial charge in [-0.25, -0.2) is 8.78 Å². The summed E-state index contributed by atoms with van der Waals surface area (Å²) < 4.78 is 65.1. The summed E-state index contributed by atoms with van der Waals surface area (Å²) in [5, 5.41) is 0. The largest absolute Gasteiger partial charge is 0.416 e. The summed E-state index contributed by atoms with van der Waals surface area (Å²) in [6, 6.07) is 5.13. The average molecular weight is 365 g/mol. The van der Waals surface area contributed by atoms with Crippen molar-refractivity contribution in [1.82, 2.24) is 0 Å². The molecule has 0 N–H and O–H groups in total. The zero-order valence-electron chi connectivity index (χ0n) is 10.1. The van der Waals surface area contributed by atoms with Gasteiger partial charge in [0.1, 0.15) is 11.6 Å². The van der Waals surface area contributed by atoms with Crippen molar-refractivity contribution in [2.45, 2.75) is 6.18 Å². The van der Waals surface area contributed by atoms with Crippen molar-refractivity contribution < 1.29 is 26.7 Å². The Morgan fingerprint density at radius 1 is 1.00 bits per heavy atom. The Labute approximate surface area is 124 Å². The number of rotatable bonds is 2. The number of carbonyl (C=O) groups is 1. The second-order valence-corrected chi connectivity index (χ2v) is 4.98. The monoisotopic (exact) mass is 364 g/mol. The van der Waals surface area contributed by atoms with Crippen LogP contribution in [-0.2, 0) is 6.18 Å². The fourth-order valence-corrected chi connectivity index (χ4v) is 2.07. The van der Waals surface area contributed by atoms with Crippen molar-refractivity contribution >= 4 is 21.7 Å². The van der Waals surface area contributed by atoms with Gasteiger partial charge in [-0.1, -0.05) is 6.07 Å². The van der Waals surface area contributed by atoms with Gasteiger partial charge in [0, 0.05) is 0 Å². The molecule has 2 aromatic rings. The van der Waals surface area contributed by atoms with Gasteiger partial charge in [-0.15, -0.1) is 0 Å². The van der Waals surface area contributed by atoms with Crippen LogP contribution in [0.15, 0.2) is 40.9 Å². The Morgan fingerprint density at radius 2 is 1.67 bits per heavy atom. The lowest BCUT2D eigenvalue weighted by Gasteiger charge is -2.10. The molecule has 0 saturated carbocycles. The van der Waals surface area contributed by atoms with Crippen molar-refractivity contribution in [3.63, 3.8) is 0 Å². The van der Waals surface area contributed by atoms with Crippen LogP contribution in [-0.4, -0.2) is 5.78 Å². The number of carbonyl (C=O) groups excluding carboxylic acids is 1. The van der Waals surface area contributed by atoms with Gasteiger partial charge in [-0.05, 0) is 46.3 Å². The molecule has 0 radical (unpaired) electrons. The lowest BCUT2D eigenvalue weighted by Crippen LogP contribution is -2.11. The number of ketones is 1. The quantitative estimate of drug-likeness (QED) is 0.542. The molecule has 0 heterocycles. The molecule has 0 aliphatic carbocycles. The van der Waals surface area contributed by atoms with E-state index >= 15 is 0 Å². The van der Waals surface area contributed by atoms with Gasteiger partial charge in [0.2, 0.25) is 0 Å². The second-order valence-electron chi connectivity index (χ2n) is 4.12. The standard InChI is InChI=1S/C14H6BrF5O/c15-10-3-1-2-8(12(10)17)13(21)9-6-7(14(18,19)20)4-5-11(9)16/h1-6H. The molecular weight excluding hydrogens is 359 g/mol. The van der Waals surface area contributed by atoms with E-state index in [1.54, 1.807) is 0 Å². The molecule has 0 unspecified atom stereocenters. The molecular formula is C14H6BrF5O. The van der Waals surface area contributed by atoms with Crippen LogP contribution in [0.1, 0.15) is 21.5 Å². The highest BCUT2D eigenvalue weighted by Gasteiger charge is 2.32. The van der Waals surface area contributed by atoms with Crippen molar-refractivity contribution in [3.8, 4) is 0 Å². The van der Waals surface area contributed by atoms with E-state index in [-0.39, 0.29) is 4.47 Å². The van der Waals surface area contributed by atoms with Crippen LogP contribution in [0.2, 0.25) is 0 Å². The number of alkyl halides is 3. The van der Waals surface area contributed by atoms with Crippen LogP contribution in [0.4, 0.5) is 22.0 Å². The smallest absolute Gasteiger partial charge is 0.288 e. The summed E-state index contributed by atoms with van der Waals surface area (Å²) >= 11 is 2.85. The first-order chi connectivity index (χ1) is 9.71. The van der Waals surface area contributed by atoms with Crippen molar-refractivity contribution in [1.29, 1.82) is 0 Å². The molecule has 0 spiro atoms. The van der Waals surface area contributed by atoms with E-state index in [9.17, 15) is 26.7 Å². The molecule has 0 bridgehead atoms. The predicted octanol–water partition coefficient (Wildman–Crippen LogP) is 4.98. The van der Waals surface area contributed by atoms with Crippen LogP contribution in [0.3, 0.4) is 0 Å². The topological polar surface area (TPSA) is 17.1 Å².